The average molecular weight is 233 g/mol. The molecule has 0 fully saturated rings. The number of carbonyl (C=O) groups is 2. The van der Waals surface area contributed by atoms with Crippen LogP contribution in [0, 0.1) is 6.92 Å². The summed E-state index contributed by atoms with van der Waals surface area (Å²) < 4.78 is 0. The lowest BCUT2D eigenvalue weighted by molar-refractivity contribution is -0.138. The number of benzene rings is 1. The molecule has 1 rings (SSSR count). The van der Waals surface area contributed by atoms with Crippen molar-refractivity contribution in [1.29, 1.82) is 0 Å². The van der Waals surface area contributed by atoms with E-state index < -0.39 is 5.97 Å². The molecule has 0 aliphatic heterocycles. The minimum Gasteiger partial charge on any atom is -0.481 e. The molecule has 4 heteroatoms. The van der Waals surface area contributed by atoms with E-state index in [1.54, 1.807) is 0 Å². The highest BCUT2D eigenvalue weighted by Gasteiger charge is 2.02. The number of rotatable bonds is 5. The molecule has 90 valence electrons. The average Bonchev–Trinajstić information content (AvgIpc) is 2.26. The third kappa shape index (κ3) is 5.61. The highest BCUT2D eigenvalue weighted by atomic mass is 16.4. The van der Waals surface area contributed by atoms with Crippen LogP contribution in [-0.2, 0) is 16.0 Å². The summed E-state index contributed by atoms with van der Waals surface area (Å²) in [6, 6.07) is 7.93. The van der Waals surface area contributed by atoms with Crippen molar-refractivity contribution in [3.8, 4) is 0 Å². The van der Waals surface area contributed by atoms with Crippen molar-refractivity contribution in [1.82, 2.24) is 0 Å². The maximum atomic E-state index is 11.1. The van der Waals surface area contributed by atoms with E-state index in [2.05, 4.69) is 4.99 Å². The number of amides is 1. The summed E-state index contributed by atoms with van der Waals surface area (Å²) in [5, 5.41) is 8.39. The molecule has 0 aliphatic rings. The second-order valence-electron chi connectivity index (χ2n) is 3.79. The summed E-state index contributed by atoms with van der Waals surface area (Å²) in [7, 11) is 0. The van der Waals surface area contributed by atoms with Crippen LogP contribution in [-0.4, -0.2) is 23.2 Å². The second-order valence-corrected chi connectivity index (χ2v) is 3.79. The molecular weight excluding hydrogens is 218 g/mol. The summed E-state index contributed by atoms with van der Waals surface area (Å²) in [4.78, 5) is 25.1. The van der Waals surface area contributed by atoms with Crippen molar-refractivity contribution < 1.29 is 14.7 Å². The summed E-state index contributed by atoms with van der Waals surface area (Å²) >= 11 is 0. The van der Waals surface area contributed by atoms with Gasteiger partial charge in [0.2, 0.25) is 5.91 Å². The van der Waals surface area contributed by atoms with Gasteiger partial charge in [-0.1, -0.05) is 29.8 Å². The van der Waals surface area contributed by atoms with Crippen molar-refractivity contribution in [2.24, 2.45) is 4.99 Å². The van der Waals surface area contributed by atoms with Gasteiger partial charge in [-0.3, -0.25) is 9.59 Å². The maximum Gasteiger partial charge on any atom is 0.303 e. The van der Waals surface area contributed by atoms with Crippen molar-refractivity contribution in [3.05, 3.63) is 35.4 Å². The van der Waals surface area contributed by atoms with Crippen molar-refractivity contribution in [3.63, 3.8) is 0 Å². The summed E-state index contributed by atoms with van der Waals surface area (Å²) in [6.45, 7) is 2.00. The smallest absolute Gasteiger partial charge is 0.303 e. The second kappa shape index (κ2) is 6.58. The van der Waals surface area contributed by atoms with Gasteiger partial charge in [-0.05, 0) is 12.5 Å². The van der Waals surface area contributed by atoms with E-state index in [1.807, 2.05) is 31.2 Å². The monoisotopic (exact) mass is 233 g/mol. The highest BCUT2D eigenvalue weighted by molar-refractivity contribution is 5.87. The Labute approximate surface area is 100.0 Å². The molecule has 0 spiro atoms. The third-order valence-electron chi connectivity index (χ3n) is 2.20. The van der Waals surface area contributed by atoms with Gasteiger partial charge in [0.1, 0.15) is 0 Å². The van der Waals surface area contributed by atoms with E-state index in [1.165, 1.54) is 6.21 Å². The molecule has 0 unspecified atom stereocenters. The van der Waals surface area contributed by atoms with E-state index in [4.69, 9.17) is 5.11 Å². The SMILES string of the molecule is Cc1cccc(CC=NC(=O)CCC(=O)O)c1. The molecule has 0 bridgehead atoms. The quantitative estimate of drug-likeness (QED) is 0.791. The molecule has 0 aliphatic carbocycles. The Balaban J connectivity index is 2.39. The molecule has 0 saturated heterocycles. The molecule has 1 N–H and O–H groups in total. The van der Waals surface area contributed by atoms with Crippen LogP contribution >= 0.6 is 0 Å². The van der Waals surface area contributed by atoms with Gasteiger partial charge in [-0.25, -0.2) is 4.99 Å². The number of hydrogen-bond acceptors (Lipinski definition) is 2. The van der Waals surface area contributed by atoms with Gasteiger partial charge in [0.15, 0.2) is 0 Å². The number of hydrogen-bond donors (Lipinski definition) is 1. The molecule has 0 heterocycles. The Morgan fingerprint density at radius 2 is 2.12 bits per heavy atom. The zero-order chi connectivity index (χ0) is 12.7. The van der Waals surface area contributed by atoms with Crippen LogP contribution in [0.1, 0.15) is 24.0 Å². The standard InChI is InChI=1S/C13H15NO3/c1-10-3-2-4-11(9-10)7-8-14-12(15)5-6-13(16)17/h2-4,8-9H,5-7H2,1H3,(H,16,17). The van der Waals surface area contributed by atoms with Crippen molar-refractivity contribution in [2.75, 3.05) is 0 Å². The lowest BCUT2D eigenvalue weighted by Crippen LogP contribution is -2.01. The summed E-state index contributed by atoms with van der Waals surface area (Å²) in [5.74, 6) is -1.37. The Morgan fingerprint density at radius 3 is 2.76 bits per heavy atom. The fourth-order valence-corrected chi connectivity index (χ4v) is 1.37. The molecule has 1 amide bonds. The molecule has 1 aromatic rings. The van der Waals surface area contributed by atoms with Crippen LogP contribution in [0.15, 0.2) is 29.3 Å². The highest BCUT2D eigenvalue weighted by Crippen LogP contribution is 2.03. The number of nitrogens with zero attached hydrogens (tertiary/aromatic N) is 1. The van der Waals surface area contributed by atoms with E-state index >= 15 is 0 Å². The van der Waals surface area contributed by atoms with Gasteiger partial charge in [-0.15, -0.1) is 0 Å². The van der Waals surface area contributed by atoms with Gasteiger partial charge in [0.25, 0.3) is 0 Å². The molecule has 0 aromatic heterocycles. The molecule has 17 heavy (non-hydrogen) atoms. The van der Waals surface area contributed by atoms with E-state index in [9.17, 15) is 9.59 Å². The Morgan fingerprint density at radius 1 is 1.35 bits per heavy atom. The van der Waals surface area contributed by atoms with Crippen LogP contribution in [0.2, 0.25) is 0 Å². The van der Waals surface area contributed by atoms with E-state index in [0.29, 0.717) is 6.42 Å². The minimum absolute atomic E-state index is 0.0420. The lowest BCUT2D eigenvalue weighted by atomic mass is 10.1. The normalized spacial score (nSPS) is 10.6. The van der Waals surface area contributed by atoms with Crippen LogP contribution < -0.4 is 0 Å². The molecule has 0 atom stereocenters. The van der Waals surface area contributed by atoms with Gasteiger partial charge in [0.05, 0.1) is 6.42 Å². The minimum atomic E-state index is -0.979. The number of aryl methyl sites for hydroxylation is 1. The van der Waals surface area contributed by atoms with Gasteiger partial charge < -0.3 is 5.11 Å². The molecule has 0 saturated carbocycles. The zero-order valence-corrected chi connectivity index (χ0v) is 9.72. The van der Waals surface area contributed by atoms with Crippen LogP contribution in [0.25, 0.3) is 0 Å². The molecule has 4 nitrogen and oxygen atoms in total. The number of carboxylic acid groups (broad SMARTS) is 1. The van der Waals surface area contributed by atoms with Gasteiger partial charge in [-0.2, -0.15) is 0 Å². The zero-order valence-electron chi connectivity index (χ0n) is 9.72. The topological polar surface area (TPSA) is 66.7 Å². The summed E-state index contributed by atoms with van der Waals surface area (Å²) in [6.07, 6.45) is 1.90. The van der Waals surface area contributed by atoms with E-state index in [-0.39, 0.29) is 18.7 Å². The fourth-order valence-electron chi connectivity index (χ4n) is 1.37. The Kier molecular flexibility index (Phi) is 5.07. The first kappa shape index (κ1) is 13.1. The van der Waals surface area contributed by atoms with Gasteiger partial charge >= 0.3 is 5.97 Å². The predicted molar refractivity (Wildman–Crippen MR) is 65.3 cm³/mol. The predicted octanol–water partition coefficient (Wildman–Crippen LogP) is 2.00. The largest absolute Gasteiger partial charge is 0.481 e. The Bertz CT molecular complexity index is 438. The summed E-state index contributed by atoms with van der Waals surface area (Å²) in [5.41, 5.74) is 2.24. The fraction of sp³-hybridized carbons (Fsp3) is 0.308. The van der Waals surface area contributed by atoms with Crippen molar-refractivity contribution >= 4 is 18.1 Å². The number of aliphatic imine (C=N–C) groups is 1. The Hall–Kier alpha value is -1.97. The lowest BCUT2D eigenvalue weighted by Gasteiger charge is -1.97. The number of carbonyl (C=O) groups excluding carboxylic acids is 1. The third-order valence-corrected chi connectivity index (χ3v) is 2.20. The van der Waals surface area contributed by atoms with Gasteiger partial charge in [0, 0.05) is 19.1 Å². The van der Waals surface area contributed by atoms with Crippen LogP contribution in [0.4, 0.5) is 0 Å². The molecular formula is C13H15NO3. The van der Waals surface area contributed by atoms with Crippen LogP contribution in [0.5, 0.6) is 0 Å². The maximum absolute atomic E-state index is 11.1. The number of carboxylic acids is 1. The molecule has 1 aromatic carbocycles. The number of aliphatic carboxylic acids is 1. The van der Waals surface area contributed by atoms with Crippen molar-refractivity contribution in [2.45, 2.75) is 26.2 Å². The first-order chi connectivity index (χ1) is 8.08. The first-order valence-corrected chi connectivity index (χ1v) is 5.40. The van der Waals surface area contributed by atoms with E-state index in [0.717, 1.165) is 11.1 Å². The molecule has 0 radical (unpaired) electrons. The first-order valence-electron chi connectivity index (χ1n) is 5.40. The van der Waals surface area contributed by atoms with Crippen LogP contribution in [0.3, 0.4) is 0 Å².